The molecule has 0 saturated carbocycles. The molecule has 6 aliphatic heterocycles. The molecule has 0 amide bonds. The average Bonchev–Trinajstić information content (AvgIpc) is 3.31. The average molecular weight is 490 g/mol. The van der Waals surface area contributed by atoms with Crippen LogP contribution >= 0.6 is 0 Å². The molecule has 3 saturated heterocycles. The van der Waals surface area contributed by atoms with Crippen LogP contribution in [0, 0.1) is 0 Å². The van der Waals surface area contributed by atoms with Gasteiger partial charge in [-0.1, -0.05) is 30.3 Å². The number of fused-ring (bicyclic) bond motifs is 1. The lowest BCUT2D eigenvalue weighted by atomic mass is 9.50. The van der Waals surface area contributed by atoms with Gasteiger partial charge < -0.3 is 29.5 Å². The van der Waals surface area contributed by atoms with Crippen molar-refractivity contribution in [1.82, 2.24) is 4.90 Å². The lowest BCUT2D eigenvalue weighted by Crippen LogP contribution is -2.71. The molecule has 2 unspecified atom stereocenters. The molecule has 2 bridgehead atoms. The van der Waals surface area contributed by atoms with Gasteiger partial charge in [0, 0.05) is 31.4 Å². The molecule has 36 heavy (non-hydrogen) atoms. The van der Waals surface area contributed by atoms with Crippen LogP contribution in [0.15, 0.2) is 42.5 Å². The van der Waals surface area contributed by atoms with Crippen molar-refractivity contribution in [2.75, 3.05) is 23.8 Å². The van der Waals surface area contributed by atoms with Gasteiger partial charge in [0.25, 0.3) is 0 Å². The van der Waals surface area contributed by atoms with Crippen molar-refractivity contribution in [3.8, 4) is 0 Å². The van der Waals surface area contributed by atoms with E-state index in [0.717, 1.165) is 18.7 Å². The summed E-state index contributed by atoms with van der Waals surface area (Å²) in [6.07, 6.45) is 0.352. The molecular weight excluding hydrogens is 454 g/mol. The summed E-state index contributed by atoms with van der Waals surface area (Å²) in [5, 5.41) is 15.1. The van der Waals surface area contributed by atoms with E-state index in [1.54, 1.807) is 0 Å². The number of anilines is 2. The van der Waals surface area contributed by atoms with Gasteiger partial charge in [-0.2, -0.15) is 0 Å². The lowest BCUT2D eigenvalue weighted by Gasteiger charge is -2.60. The van der Waals surface area contributed by atoms with Crippen LogP contribution in [-0.4, -0.2) is 59.8 Å². The zero-order chi connectivity index (χ0) is 24.8. The van der Waals surface area contributed by atoms with Crippen molar-refractivity contribution in [2.24, 2.45) is 0 Å². The number of rotatable bonds is 1. The number of ether oxygens (including phenoxy) is 3. The first-order valence-corrected chi connectivity index (χ1v) is 13.3. The molecule has 6 aliphatic rings. The molecule has 7 heteroatoms. The van der Waals surface area contributed by atoms with E-state index in [4.69, 9.17) is 14.2 Å². The standard InChI is InChI=1S/C29H35N3O4/c1-26(2)23(35-27(3,4)36-26)22-16-9-8-12-19-21(16)28-13-14-32(22)25-29(28,15-20(33)34-25)17-10-6-7-11-18(17)30-24(28)31(19)5/h6-12,20,22-25,30,33H,13-15H2,1-5H3/t20?,22-,23-,24+,25-,28+,29-/m0/s1. The van der Waals surface area contributed by atoms with Crippen molar-refractivity contribution < 1.29 is 19.3 Å². The Morgan fingerprint density at radius 2 is 1.83 bits per heavy atom. The Balaban J connectivity index is 1.47. The van der Waals surface area contributed by atoms with Crippen LogP contribution < -0.4 is 10.2 Å². The maximum Gasteiger partial charge on any atom is 0.164 e. The van der Waals surface area contributed by atoms with Gasteiger partial charge in [-0.05, 0) is 62.9 Å². The van der Waals surface area contributed by atoms with Crippen molar-refractivity contribution in [3.63, 3.8) is 0 Å². The molecule has 8 rings (SSSR count). The Morgan fingerprint density at radius 1 is 1.03 bits per heavy atom. The maximum absolute atomic E-state index is 11.2. The van der Waals surface area contributed by atoms with Crippen LogP contribution in [0.1, 0.15) is 63.3 Å². The lowest BCUT2D eigenvalue weighted by molar-refractivity contribution is -0.192. The Kier molecular flexibility index (Phi) is 3.92. The van der Waals surface area contributed by atoms with E-state index < -0.39 is 17.7 Å². The minimum absolute atomic E-state index is 0.0619. The molecule has 2 N–H and O–H groups in total. The van der Waals surface area contributed by atoms with Crippen LogP contribution in [-0.2, 0) is 25.0 Å². The van der Waals surface area contributed by atoms with Gasteiger partial charge in [-0.25, -0.2) is 0 Å². The highest BCUT2D eigenvalue weighted by Gasteiger charge is 2.77. The maximum atomic E-state index is 11.2. The summed E-state index contributed by atoms with van der Waals surface area (Å²) in [4.78, 5) is 4.93. The number of hydrogen-bond acceptors (Lipinski definition) is 7. The molecule has 7 nitrogen and oxygen atoms in total. The summed E-state index contributed by atoms with van der Waals surface area (Å²) < 4.78 is 19.8. The second kappa shape index (κ2) is 6.45. The van der Waals surface area contributed by atoms with Gasteiger partial charge in [-0.3, -0.25) is 4.90 Å². The predicted octanol–water partition coefficient (Wildman–Crippen LogP) is 3.82. The largest absolute Gasteiger partial charge is 0.368 e. The van der Waals surface area contributed by atoms with Gasteiger partial charge >= 0.3 is 0 Å². The third-order valence-electron chi connectivity index (χ3n) is 10.1. The predicted molar refractivity (Wildman–Crippen MR) is 136 cm³/mol. The van der Waals surface area contributed by atoms with Crippen LogP contribution in [0.3, 0.4) is 0 Å². The van der Waals surface area contributed by atoms with Gasteiger partial charge in [0.05, 0.1) is 22.5 Å². The highest BCUT2D eigenvalue weighted by Crippen LogP contribution is 2.71. The van der Waals surface area contributed by atoms with E-state index in [2.05, 4.69) is 78.5 Å². The van der Waals surface area contributed by atoms with Gasteiger partial charge in [0.1, 0.15) is 18.5 Å². The molecule has 190 valence electrons. The molecule has 2 spiro atoms. The molecule has 0 aliphatic carbocycles. The van der Waals surface area contributed by atoms with Gasteiger partial charge in [0.2, 0.25) is 0 Å². The molecule has 2 aromatic carbocycles. The fraction of sp³-hybridized carbons (Fsp3) is 0.586. The fourth-order valence-corrected chi connectivity index (χ4v) is 9.28. The SMILES string of the molecule is CN1c2cccc3c2[C@@]24CCN([C@H]5OC(O)C[C@]52c2ccccc2N[C@H]14)[C@@H]3[C@@H]1OC(C)(C)OC1(C)C. The monoisotopic (exact) mass is 489 g/mol. The van der Waals surface area contributed by atoms with Crippen molar-refractivity contribution in [3.05, 3.63) is 59.2 Å². The summed E-state index contributed by atoms with van der Waals surface area (Å²) in [7, 11) is 2.21. The Bertz CT molecular complexity index is 1300. The zero-order valence-corrected chi connectivity index (χ0v) is 21.6. The number of aliphatic hydroxyl groups excluding tert-OH is 1. The molecule has 0 radical (unpaired) electrons. The number of piperidine rings is 1. The van der Waals surface area contributed by atoms with E-state index in [0.29, 0.717) is 6.42 Å². The molecule has 6 heterocycles. The quantitative estimate of drug-likeness (QED) is 0.631. The molecule has 3 fully saturated rings. The smallest absolute Gasteiger partial charge is 0.164 e. The molecule has 0 aromatic heterocycles. The first-order valence-electron chi connectivity index (χ1n) is 13.3. The highest BCUT2D eigenvalue weighted by atomic mass is 16.8. The first kappa shape index (κ1) is 21.9. The number of nitrogens with zero attached hydrogens (tertiary/aromatic N) is 2. The van der Waals surface area contributed by atoms with Crippen LogP contribution in [0.4, 0.5) is 11.4 Å². The van der Waals surface area contributed by atoms with E-state index >= 15 is 0 Å². The minimum atomic E-state index is -0.815. The summed E-state index contributed by atoms with van der Waals surface area (Å²) >= 11 is 0. The number of nitrogens with one attached hydrogen (secondary N) is 1. The van der Waals surface area contributed by atoms with Crippen LogP contribution in [0.5, 0.6) is 0 Å². The summed E-state index contributed by atoms with van der Waals surface area (Å²) in [5.41, 5.74) is 5.25. The fourth-order valence-electron chi connectivity index (χ4n) is 9.28. The van der Waals surface area contributed by atoms with Gasteiger partial charge in [-0.15, -0.1) is 0 Å². The number of benzene rings is 2. The second-order valence-corrected chi connectivity index (χ2v) is 12.6. The first-order chi connectivity index (χ1) is 17.1. The number of aliphatic hydroxyl groups is 1. The summed E-state index contributed by atoms with van der Waals surface area (Å²) in [6.45, 7) is 9.17. The van der Waals surface area contributed by atoms with Gasteiger partial charge in [0.15, 0.2) is 12.1 Å². The second-order valence-electron chi connectivity index (χ2n) is 12.6. The Hall–Kier alpha value is -2.16. The number of likely N-dealkylation sites (N-methyl/N-ethyl adjacent to an activating group) is 1. The molecule has 8 atom stereocenters. The highest BCUT2D eigenvalue weighted by molar-refractivity contribution is 5.77. The van der Waals surface area contributed by atoms with Crippen molar-refractivity contribution >= 4 is 11.4 Å². The summed E-state index contributed by atoms with van der Waals surface area (Å²) in [6, 6.07) is 15.4. The number of para-hydroxylation sites is 1. The van der Waals surface area contributed by atoms with E-state index in [1.807, 2.05) is 13.8 Å². The molecular formula is C29H35N3O4. The zero-order valence-electron chi connectivity index (χ0n) is 21.6. The van der Waals surface area contributed by atoms with Crippen LogP contribution in [0.25, 0.3) is 0 Å². The molecule has 2 aromatic rings. The minimum Gasteiger partial charge on any atom is -0.368 e. The topological polar surface area (TPSA) is 66.4 Å². The Morgan fingerprint density at radius 3 is 2.61 bits per heavy atom. The number of hydrogen-bond donors (Lipinski definition) is 2. The van der Waals surface area contributed by atoms with E-state index in [1.165, 1.54) is 22.4 Å². The third-order valence-corrected chi connectivity index (χ3v) is 10.1. The van der Waals surface area contributed by atoms with Crippen molar-refractivity contribution in [2.45, 2.75) is 93.6 Å². The van der Waals surface area contributed by atoms with Crippen LogP contribution in [0.2, 0.25) is 0 Å². The Labute approximate surface area is 212 Å². The van der Waals surface area contributed by atoms with Crippen molar-refractivity contribution in [1.29, 1.82) is 0 Å². The van der Waals surface area contributed by atoms with E-state index in [9.17, 15) is 5.11 Å². The van der Waals surface area contributed by atoms with E-state index in [-0.39, 0.29) is 35.4 Å². The normalized spacial score (nSPS) is 44.0. The summed E-state index contributed by atoms with van der Waals surface area (Å²) in [5.74, 6) is -0.677. The third kappa shape index (κ3) is 2.26.